The summed E-state index contributed by atoms with van der Waals surface area (Å²) in [7, 11) is 5.32. The Kier molecular flexibility index (Phi) is 4.79. The van der Waals surface area contributed by atoms with Gasteiger partial charge in [0, 0.05) is 20.6 Å². The van der Waals surface area contributed by atoms with Gasteiger partial charge in [0.1, 0.15) is 5.75 Å². The molecule has 0 aliphatic carbocycles. The summed E-state index contributed by atoms with van der Waals surface area (Å²) in [6, 6.07) is 7.70. The van der Waals surface area contributed by atoms with Crippen LogP contribution in [0.4, 0.5) is 0 Å². The molecule has 0 heterocycles. The molecule has 0 bridgehead atoms. The highest BCUT2D eigenvalue weighted by Crippen LogP contribution is 2.11. The molecule has 0 unspecified atom stereocenters. The zero-order valence-electron chi connectivity index (χ0n) is 9.99. The van der Waals surface area contributed by atoms with Crippen molar-refractivity contribution in [2.45, 2.75) is 6.54 Å². The molecule has 0 aromatic heterocycles. The fraction of sp³-hybridized carbons (Fsp3) is 0.417. The molecule has 16 heavy (non-hydrogen) atoms. The average molecular weight is 222 g/mol. The van der Waals surface area contributed by atoms with Crippen LogP contribution in [0.25, 0.3) is 0 Å². The molecule has 0 aliphatic rings. The highest BCUT2D eigenvalue weighted by molar-refractivity contribution is 5.77. The fourth-order valence-electron chi connectivity index (χ4n) is 1.18. The number of benzene rings is 1. The highest BCUT2D eigenvalue weighted by Gasteiger charge is 2.04. The number of likely N-dealkylation sites (N-methyl/N-ethyl adjacent to an activating group) is 1. The highest BCUT2D eigenvalue weighted by atomic mass is 16.5. The number of nitrogens with zero attached hydrogens (tertiary/aromatic N) is 1. The van der Waals surface area contributed by atoms with Gasteiger partial charge in [-0.05, 0) is 24.7 Å². The molecule has 1 aromatic carbocycles. The third kappa shape index (κ3) is 3.90. The van der Waals surface area contributed by atoms with Crippen LogP contribution in [0.5, 0.6) is 5.75 Å². The van der Waals surface area contributed by atoms with E-state index in [1.807, 2.05) is 31.3 Å². The second-order valence-corrected chi connectivity index (χ2v) is 3.75. The van der Waals surface area contributed by atoms with Gasteiger partial charge in [-0.2, -0.15) is 0 Å². The molecule has 0 saturated carbocycles. The van der Waals surface area contributed by atoms with Crippen LogP contribution in [0, 0.1) is 0 Å². The number of nitrogens with one attached hydrogen (secondary N) is 1. The summed E-state index contributed by atoms with van der Waals surface area (Å²) >= 11 is 0. The van der Waals surface area contributed by atoms with Crippen molar-refractivity contribution >= 4 is 5.91 Å². The molecule has 0 fully saturated rings. The molecule has 0 saturated heterocycles. The van der Waals surface area contributed by atoms with Crippen molar-refractivity contribution in [2.75, 3.05) is 27.7 Å². The third-order valence-corrected chi connectivity index (χ3v) is 2.17. The number of hydrogen-bond acceptors (Lipinski definition) is 3. The van der Waals surface area contributed by atoms with E-state index >= 15 is 0 Å². The molecule has 0 spiro atoms. The summed E-state index contributed by atoms with van der Waals surface area (Å²) in [5, 5.41) is 3.07. The standard InChI is InChI=1S/C12H18N2O2/c1-13-8-10-4-6-11(7-5-10)16-9-12(15)14(2)3/h4-7,13H,8-9H2,1-3H3. The van der Waals surface area contributed by atoms with Gasteiger partial charge in [-0.25, -0.2) is 0 Å². The third-order valence-electron chi connectivity index (χ3n) is 2.17. The van der Waals surface area contributed by atoms with E-state index in [4.69, 9.17) is 4.74 Å². The largest absolute Gasteiger partial charge is 0.484 e. The lowest BCUT2D eigenvalue weighted by atomic mass is 10.2. The molecule has 4 nitrogen and oxygen atoms in total. The second kappa shape index (κ2) is 6.12. The van der Waals surface area contributed by atoms with Gasteiger partial charge in [0.15, 0.2) is 6.61 Å². The molecule has 1 amide bonds. The molecule has 0 radical (unpaired) electrons. The summed E-state index contributed by atoms with van der Waals surface area (Å²) in [6.45, 7) is 0.912. The van der Waals surface area contributed by atoms with Crippen molar-refractivity contribution in [2.24, 2.45) is 0 Å². The second-order valence-electron chi connectivity index (χ2n) is 3.75. The van der Waals surface area contributed by atoms with Crippen molar-refractivity contribution in [1.82, 2.24) is 10.2 Å². The van der Waals surface area contributed by atoms with Crippen LogP contribution in [0.15, 0.2) is 24.3 Å². The maximum absolute atomic E-state index is 11.3. The fourth-order valence-corrected chi connectivity index (χ4v) is 1.18. The summed E-state index contributed by atoms with van der Waals surface area (Å²) in [5.41, 5.74) is 1.19. The van der Waals surface area contributed by atoms with Crippen molar-refractivity contribution in [1.29, 1.82) is 0 Å². The smallest absolute Gasteiger partial charge is 0.259 e. The monoisotopic (exact) mass is 222 g/mol. The van der Waals surface area contributed by atoms with Crippen LogP contribution in [-0.4, -0.2) is 38.6 Å². The molecule has 0 aliphatic heterocycles. The number of carbonyl (C=O) groups is 1. The molecule has 88 valence electrons. The van der Waals surface area contributed by atoms with E-state index in [9.17, 15) is 4.79 Å². The first kappa shape index (κ1) is 12.5. The van der Waals surface area contributed by atoms with Crippen LogP contribution in [-0.2, 0) is 11.3 Å². The molecule has 1 N–H and O–H groups in total. The minimum absolute atomic E-state index is 0.0423. The van der Waals surface area contributed by atoms with Crippen molar-refractivity contribution in [3.8, 4) is 5.75 Å². The van der Waals surface area contributed by atoms with Gasteiger partial charge >= 0.3 is 0 Å². The topological polar surface area (TPSA) is 41.6 Å². The first-order valence-corrected chi connectivity index (χ1v) is 5.20. The number of amides is 1. The Balaban J connectivity index is 2.46. The van der Waals surface area contributed by atoms with Gasteiger partial charge in [-0.3, -0.25) is 4.79 Å². The Labute approximate surface area is 96.2 Å². The van der Waals surface area contributed by atoms with Gasteiger partial charge in [0.05, 0.1) is 0 Å². The van der Waals surface area contributed by atoms with E-state index in [1.165, 1.54) is 10.5 Å². The van der Waals surface area contributed by atoms with E-state index in [1.54, 1.807) is 14.1 Å². The summed E-state index contributed by atoms with van der Waals surface area (Å²) < 4.78 is 5.35. The van der Waals surface area contributed by atoms with Crippen LogP contribution in [0.3, 0.4) is 0 Å². The average Bonchev–Trinajstić information content (AvgIpc) is 2.28. The first-order chi connectivity index (χ1) is 7.63. The zero-order chi connectivity index (χ0) is 12.0. The molecule has 4 heteroatoms. The van der Waals surface area contributed by atoms with E-state index in [0.717, 1.165) is 12.3 Å². The van der Waals surface area contributed by atoms with E-state index in [2.05, 4.69) is 5.32 Å². The summed E-state index contributed by atoms with van der Waals surface area (Å²) in [5.74, 6) is 0.675. The number of rotatable bonds is 5. The van der Waals surface area contributed by atoms with Crippen LogP contribution in [0.2, 0.25) is 0 Å². The van der Waals surface area contributed by atoms with Crippen molar-refractivity contribution in [3.05, 3.63) is 29.8 Å². The SMILES string of the molecule is CNCc1ccc(OCC(=O)N(C)C)cc1. The van der Waals surface area contributed by atoms with E-state index in [-0.39, 0.29) is 12.5 Å². The minimum atomic E-state index is -0.0423. The normalized spacial score (nSPS) is 9.94. The number of ether oxygens (including phenoxy) is 1. The van der Waals surface area contributed by atoms with Gasteiger partial charge in [-0.1, -0.05) is 12.1 Å². The van der Waals surface area contributed by atoms with E-state index in [0.29, 0.717) is 0 Å². The van der Waals surface area contributed by atoms with Gasteiger partial charge in [0.25, 0.3) is 5.91 Å². The molecular formula is C12H18N2O2. The predicted octanol–water partition coefficient (Wildman–Crippen LogP) is 0.873. The lowest BCUT2D eigenvalue weighted by Gasteiger charge is -2.11. The summed E-state index contributed by atoms with van der Waals surface area (Å²) in [4.78, 5) is 12.8. The lowest BCUT2D eigenvalue weighted by molar-refractivity contribution is -0.130. The Morgan fingerprint density at radius 3 is 2.44 bits per heavy atom. The number of hydrogen-bond donors (Lipinski definition) is 1. The van der Waals surface area contributed by atoms with Gasteiger partial charge in [-0.15, -0.1) is 0 Å². The Morgan fingerprint density at radius 2 is 1.94 bits per heavy atom. The molecule has 1 rings (SSSR count). The van der Waals surface area contributed by atoms with Crippen molar-refractivity contribution < 1.29 is 9.53 Å². The predicted molar refractivity (Wildman–Crippen MR) is 63.4 cm³/mol. The summed E-state index contributed by atoms with van der Waals surface area (Å²) in [6.07, 6.45) is 0. The number of carbonyl (C=O) groups excluding carboxylic acids is 1. The maximum Gasteiger partial charge on any atom is 0.259 e. The van der Waals surface area contributed by atoms with Crippen molar-refractivity contribution in [3.63, 3.8) is 0 Å². The molecule has 0 atom stereocenters. The Morgan fingerprint density at radius 1 is 1.31 bits per heavy atom. The maximum atomic E-state index is 11.3. The molecule has 1 aromatic rings. The van der Waals surface area contributed by atoms with Gasteiger partial charge < -0.3 is 15.0 Å². The van der Waals surface area contributed by atoms with E-state index < -0.39 is 0 Å². The Bertz CT molecular complexity index is 333. The first-order valence-electron chi connectivity index (χ1n) is 5.20. The molecular weight excluding hydrogens is 204 g/mol. The minimum Gasteiger partial charge on any atom is -0.484 e. The van der Waals surface area contributed by atoms with Crippen LogP contribution >= 0.6 is 0 Å². The quantitative estimate of drug-likeness (QED) is 0.804. The Hall–Kier alpha value is -1.55. The zero-order valence-corrected chi connectivity index (χ0v) is 9.99. The van der Waals surface area contributed by atoms with Crippen LogP contribution in [0.1, 0.15) is 5.56 Å². The van der Waals surface area contributed by atoms with Gasteiger partial charge in [0.2, 0.25) is 0 Å². The van der Waals surface area contributed by atoms with Crippen LogP contribution < -0.4 is 10.1 Å². The lowest BCUT2D eigenvalue weighted by Crippen LogP contribution is -2.27.